The normalized spacial score (nSPS) is 15.2. The average Bonchev–Trinajstić information content (AvgIpc) is 2.82. The first-order valence-electron chi connectivity index (χ1n) is 7.32. The molecule has 1 aromatic rings. The van der Waals surface area contributed by atoms with E-state index >= 15 is 0 Å². The highest BCUT2D eigenvalue weighted by molar-refractivity contribution is 5.03. The Kier molecular flexibility index (Phi) is 6.52. The predicted octanol–water partition coefficient (Wildman–Crippen LogP) is 2.66. The summed E-state index contributed by atoms with van der Waals surface area (Å²) in [5.41, 5.74) is 1.12. The number of nitrogens with zero attached hydrogens (tertiary/aromatic N) is 2. The molecule has 19 heavy (non-hydrogen) atoms. The van der Waals surface area contributed by atoms with Gasteiger partial charge in [0.2, 0.25) is 0 Å². The summed E-state index contributed by atoms with van der Waals surface area (Å²) in [6.07, 6.45) is 3.18. The zero-order valence-electron chi connectivity index (χ0n) is 13.2. The Hall–Kier alpha value is -0.870. The van der Waals surface area contributed by atoms with Crippen LogP contribution in [0.2, 0.25) is 0 Å². The van der Waals surface area contributed by atoms with E-state index in [2.05, 4.69) is 57.3 Å². The van der Waals surface area contributed by atoms with Crippen LogP contribution in [0.1, 0.15) is 46.4 Å². The van der Waals surface area contributed by atoms with Crippen LogP contribution >= 0.6 is 0 Å². The lowest BCUT2D eigenvalue weighted by Gasteiger charge is -2.29. The fourth-order valence-corrected chi connectivity index (χ4v) is 2.35. The molecule has 0 aliphatic rings. The third-order valence-corrected chi connectivity index (χ3v) is 3.41. The Morgan fingerprint density at radius 3 is 2.42 bits per heavy atom. The maximum Gasteiger partial charge on any atom is 0.0754 e. The van der Waals surface area contributed by atoms with E-state index in [0.29, 0.717) is 18.0 Å². The number of rotatable bonds is 8. The first kappa shape index (κ1) is 16.2. The first-order chi connectivity index (χ1) is 8.99. The van der Waals surface area contributed by atoms with Crippen LogP contribution < -0.4 is 5.32 Å². The standard InChI is InChI=1S/C15H29N3O/c1-7-19-15(11(2)3)14(16-6)10-13-8-9-18(17-13)12(4)5/h8-9,11-12,14-16H,7,10H2,1-6H3. The van der Waals surface area contributed by atoms with Crippen LogP contribution in [0, 0.1) is 5.92 Å². The fourth-order valence-electron chi connectivity index (χ4n) is 2.35. The lowest BCUT2D eigenvalue weighted by Crippen LogP contribution is -2.44. The zero-order chi connectivity index (χ0) is 14.4. The van der Waals surface area contributed by atoms with Gasteiger partial charge in [-0.2, -0.15) is 5.10 Å². The van der Waals surface area contributed by atoms with Gasteiger partial charge in [-0.1, -0.05) is 13.8 Å². The van der Waals surface area contributed by atoms with Crippen LogP contribution in [0.25, 0.3) is 0 Å². The van der Waals surface area contributed by atoms with Crippen molar-refractivity contribution >= 4 is 0 Å². The Morgan fingerprint density at radius 1 is 1.32 bits per heavy atom. The zero-order valence-corrected chi connectivity index (χ0v) is 13.2. The number of nitrogens with one attached hydrogen (secondary N) is 1. The van der Waals surface area contributed by atoms with Crippen molar-refractivity contribution in [2.24, 2.45) is 5.92 Å². The monoisotopic (exact) mass is 267 g/mol. The maximum absolute atomic E-state index is 5.89. The summed E-state index contributed by atoms with van der Waals surface area (Å²) >= 11 is 0. The molecular formula is C15H29N3O. The van der Waals surface area contributed by atoms with Crippen molar-refractivity contribution in [3.8, 4) is 0 Å². The van der Waals surface area contributed by atoms with Crippen LogP contribution in [0.4, 0.5) is 0 Å². The molecule has 4 nitrogen and oxygen atoms in total. The minimum Gasteiger partial charge on any atom is -0.377 e. The van der Waals surface area contributed by atoms with Crippen LogP contribution in [-0.4, -0.2) is 35.6 Å². The van der Waals surface area contributed by atoms with Crippen LogP contribution in [0.3, 0.4) is 0 Å². The number of hydrogen-bond acceptors (Lipinski definition) is 3. The summed E-state index contributed by atoms with van der Waals surface area (Å²) in [6.45, 7) is 11.5. The number of likely N-dealkylation sites (N-methyl/N-ethyl adjacent to an activating group) is 1. The highest BCUT2D eigenvalue weighted by atomic mass is 16.5. The summed E-state index contributed by atoms with van der Waals surface area (Å²) in [7, 11) is 2.00. The highest BCUT2D eigenvalue weighted by Crippen LogP contribution is 2.15. The molecule has 1 aromatic heterocycles. The molecule has 1 N–H and O–H groups in total. The maximum atomic E-state index is 5.89. The third-order valence-electron chi connectivity index (χ3n) is 3.41. The van der Waals surface area contributed by atoms with Crippen molar-refractivity contribution in [2.75, 3.05) is 13.7 Å². The van der Waals surface area contributed by atoms with Gasteiger partial charge in [-0.05, 0) is 39.8 Å². The second kappa shape index (κ2) is 7.65. The van der Waals surface area contributed by atoms with Gasteiger partial charge in [0.1, 0.15) is 0 Å². The summed E-state index contributed by atoms with van der Waals surface area (Å²) in [6, 6.07) is 2.82. The van der Waals surface area contributed by atoms with E-state index in [-0.39, 0.29) is 6.10 Å². The van der Waals surface area contributed by atoms with Gasteiger partial charge >= 0.3 is 0 Å². The second-order valence-electron chi connectivity index (χ2n) is 5.64. The molecule has 1 rings (SSSR count). The summed E-state index contributed by atoms with van der Waals surface area (Å²) in [5, 5.41) is 8.00. The molecule has 0 saturated carbocycles. The quantitative estimate of drug-likeness (QED) is 0.787. The van der Waals surface area contributed by atoms with Crippen LogP contribution in [0.15, 0.2) is 12.3 Å². The van der Waals surface area contributed by atoms with E-state index < -0.39 is 0 Å². The molecule has 0 aliphatic heterocycles. The minimum absolute atomic E-state index is 0.221. The molecule has 2 atom stereocenters. The summed E-state index contributed by atoms with van der Waals surface area (Å²) in [5.74, 6) is 0.490. The molecule has 0 amide bonds. The average molecular weight is 267 g/mol. The SMILES string of the molecule is CCOC(C(C)C)C(Cc1ccn(C(C)C)n1)NC. The summed E-state index contributed by atoms with van der Waals surface area (Å²) in [4.78, 5) is 0. The lowest BCUT2D eigenvalue weighted by atomic mass is 9.96. The van der Waals surface area contributed by atoms with E-state index in [9.17, 15) is 0 Å². The number of aromatic nitrogens is 2. The summed E-state index contributed by atoms with van der Waals surface area (Å²) < 4.78 is 7.89. The molecule has 0 saturated heterocycles. The first-order valence-corrected chi connectivity index (χ1v) is 7.32. The Labute approximate surface area is 117 Å². The molecule has 0 aliphatic carbocycles. The molecule has 0 fully saturated rings. The van der Waals surface area contributed by atoms with Crippen molar-refractivity contribution < 1.29 is 4.74 Å². The second-order valence-corrected chi connectivity index (χ2v) is 5.64. The van der Waals surface area contributed by atoms with E-state index in [4.69, 9.17) is 4.74 Å². The smallest absolute Gasteiger partial charge is 0.0754 e. The lowest BCUT2D eigenvalue weighted by molar-refractivity contribution is 0.00511. The Morgan fingerprint density at radius 2 is 2.00 bits per heavy atom. The predicted molar refractivity (Wildman–Crippen MR) is 79.4 cm³/mol. The van der Waals surface area contributed by atoms with Crippen LogP contribution in [0.5, 0.6) is 0 Å². The molecule has 110 valence electrons. The van der Waals surface area contributed by atoms with Crippen molar-refractivity contribution in [1.29, 1.82) is 0 Å². The van der Waals surface area contributed by atoms with Gasteiger partial charge < -0.3 is 10.1 Å². The van der Waals surface area contributed by atoms with E-state index in [1.54, 1.807) is 0 Å². The van der Waals surface area contributed by atoms with Gasteiger partial charge in [0.15, 0.2) is 0 Å². The van der Waals surface area contributed by atoms with E-state index in [1.165, 1.54) is 0 Å². The minimum atomic E-state index is 0.221. The van der Waals surface area contributed by atoms with Gasteiger partial charge in [-0.25, -0.2) is 0 Å². The molecule has 4 heteroatoms. The van der Waals surface area contributed by atoms with E-state index in [1.807, 2.05) is 11.7 Å². The molecular weight excluding hydrogens is 238 g/mol. The molecule has 0 spiro atoms. The van der Waals surface area contributed by atoms with Gasteiger partial charge in [0.25, 0.3) is 0 Å². The van der Waals surface area contributed by atoms with Crippen molar-refractivity contribution in [2.45, 2.75) is 59.2 Å². The van der Waals surface area contributed by atoms with Gasteiger partial charge in [-0.3, -0.25) is 4.68 Å². The third kappa shape index (κ3) is 4.62. The highest BCUT2D eigenvalue weighted by Gasteiger charge is 2.24. The molecule has 1 heterocycles. The number of hydrogen-bond donors (Lipinski definition) is 1. The van der Waals surface area contributed by atoms with Gasteiger partial charge in [0, 0.05) is 31.3 Å². The largest absolute Gasteiger partial charge is 0.377 e. The topological polar surface area (TPSA) is 39.1 Å². The van der Waals surface area contributed by atoms with Crippen LogP contribution in [-0.2, 0) is 11.2 Å². The van der Waals surface area contributed by atoms with Crippen molar-refractivity contribution in [3.63, 3.8) is 0 Å². The molecule has 2 unspecified atom stereocenters. The number of ether oxygens (including phenoxy) is 1. The van der Waals surface area contributed by atoms with Gasteiger partial charge in [0.05, 0.1) is 11.8 Å². The molecule has 0 radical (unpaired) electrons. The molecule has 0 bridgehead atoms. The van der Waals surface area contributed by atoms with Gasteiger partial charge in [-0.15, -0.1) is 0 Å². The van der Waals surface area contributed by atoms with E-state index in [0.717, 1.165) is 18.7 Å². The Balaban J connectivity index is 2.73. The van der Waals surface area contributed by atoms with Crippen molar-refractivity contribution in [1.82, 2.24) is 15.1 Å². The fraction of sp³-hybridized carbons (Fsp3) is 0.800. The van der Waals surface area contributed by atoms with Crippen molar-refractivity contribution in [3.05, 3.63) is 18.0 Å². The molecule has 0 aromatic carbocycles. The Bertz CT molecular complexity index is 360.